The number of piperazine rings is 1. The van der Waals surface area contributed by atoms with Crippen LogP contribution < -0.4 is 15.4 Å². The van der Waals surface area contributed by atoms with Gasteiger partial charge in [0.15, 0.2) is 29.1 Å². The van der Waals surface area contributed by atoms with Gasteiger partial charge in [0.25, 0.3) is 5.91 Å². The molecular formula is C33H35ClF2N8O4. The molecule has 4 aromatic rings. The molecule has 2 aromatic heterocycles. The molecule has 1 fully saturated rings. The number of nitrogens with one attached hydrogen (secondary N) is 2. The van der Waals surface area contributed by atoms with Crippen LogP contribution in [-0.4, -0.2) is 87.1 Å². The Hall–Kier alpha value is -5.00. The van der Waals surface area contributed by atoms with Crippen LogP contribution in [0.4, 0.5) is 25.1 Å². The zero-order chi connectivity index (χ0) is 34.6. The van der Waals surface area contributed by atoms with Crippen LogP contribution in [0, 0.1) is 23.0 Å². The molecular weight excluding hydrogens is 646 g/mol. The Kier molecular flexibility index (Phi) is 10.3. The lowest BCUT2D eigenvalue weighted by Crippen LogP contribution is -2.51. The van der Waals surface area contributed by atoms with E-state index in [9.17, 15) is 14.0 Å². The van der Waals surface area contributed by atoms with E-state index in [-0.39, 0.29) is 34.0 Å². The molecule has 1 atom stereocenters. The van der Waals surface area contributed by atoms with E-state index in [4.69, 9.17) is 26.3 Å². The van der Waals surface area contributed by atoms with Gasteiger partial charge in [0.1, 0.15) is 11.7 Å². The summed E-state index contributed by atoms with van der Waals surface area (Å²) in [5.41, 5.74) is 0.806. The van der Waals surface area contributed by atoms with Crippen molar-refractivity contribution in [2.24, 2.45) is 0 Å². The fourth-order valence-corrected chi connectivity index (χ4v) is 5.33. The van der Waals surface area contributed by atoms with Gasteiger partial charge in [-0.2, -0.15) is 9.65 Å². The van der Waals surface area contributed by atoms with Crippen LogP contribution in [0.2, 0.25) is 5.02 Å². The summed E-state index contributed by atoms with van der Waals surface area (Å²) >= 11 is 6.49. The number of anilines is 2. The van der Waals surface area contributed by atoms with Gasteiger partial charge in [-0.15, -0.1) is 0 Å². The number of carbonyl (C=O) groups excluding carboxylic acids is 2. The number of imidazole rings is 1. The quantitative estimate of drug-likeness (QED) is 0.230. The van der Waals surface area contributed by atoms with Crippen molar-refractivity contribution in [3.05, 3.63) is 71.1 Å². The number of carbonyl (C=O) groups is 2. The molecule has 2 amide bonds. The van der Waals surface area contributed by atoms with Crippen LogP contribution >= 0.6 is 11.6 Å². The molecule has 1 unspecified atom stereocenters. The molecule has 0 spiro atoms. The Morgan fingerprint density at radius 1 is 1.10 bits per heavy atom. The van der Waals surface area contributed by atoms with Crippen LogP contribution in [0.3, 0.4) is 0 Å². The molecule has 3 heterocycles. The lowest BCUT2D eigenvalue weighted by atomic mass is 10.1. The summed E-state index contributed by atoms with van der Waals surface area (Å²) in [6.07, 6.45) is 3.15. The van der Waals surface area contributed by atoms with Gasteiger partial charge in [0.2, 0.25) is 5.82 Å². The molecule has 5 rings (SSSR count). The second kappa shape index (κ2) is 14.4. The Bertz CT molecular complexity index is 1860. The van der Waals surface area contributed by atoms with E-state index >= 15 is 4.39 Å². The maximum Gasteiger partial charge on any atom is 0.410 e. The van der Waals surface area contributed by atoms with E-state index in [2.05, 4.69) is 25.5 Å². The molecule has 0 radical (unpaired) electrons. The third kappa shape index (κ3) is 7.92. The van der Waals surface area contributed by atoms with E-state index in [1.54, 1.807) is 33.7 Å². The first-order valence-electron chi connectivity index (χ1n) is 15.3. The molecule has 0 aliphatic carbocycles. The predicted octanol–water partition coefficient (Wildman–Crippen LogP) is 5.64. The highest BCUT2D eigenvalue weighted by Gasteiger charge is 2.26. The topological polar surface area (TPSA) is 137 Å². The monoisotopic (exact) mass is 680 g/mol. The molecule has 0 saturated carbocycles. The van der Waals surface area contributed by atoms with Crippen molar-refractivity contribution in [1.29, 1.82) is 5.26 Å². The van der Waals surface area contributed by atoms with Crippen molar-refractivity contribution >= 4 is 40.8 Å². The molecule has 2 N–H and O–H groups in total. The zero-order valence-corrected chi connectivity index (χ0v) is 27.6. The van der Waals surface area contributed by atoms with Gasteiger partial charge in [0.05, 0.1) is 22.5 Å². The van der Waals surface area contributed by atoms with Gasteiger partial charge in [-0.25, -0.2) is 19.2 Å². The van der Waals surface area contributed by atoms with E-state index in [0.717, 1.165) is 0 Å². The maximum atomic E-state index is 15.1. The van der Waals surface area contributed by atoms with Crippen LogP contribution in [-0.2, 0) is 4.74 Å². The molecule has 15 heteroatoms. The summed E-state index contributed by atoms with van der Waals surface area (Å²) < 4.78 is 42.0. The highest BCUT2D eigenvalue weighted by molar-refractivity contribution is 6.34. The lowest BCUT2D eigenvalue weighted by molar-refractivity contribution is 0.0147. The first-order chi connectivity index (χ1) is 22.8. The minimum atomic E-state index is -1.21. The summed E-state index contributed by atoms with van der Waals surface area (Å²) in [6, 6.07) is 9.26. The van der Waals surface area contributed by atoms with E-state index in [1.165, 1.54) is 31.5 Å². The van der Waals surface area contributed by atoms with Crippen molar-refractivity contribution in [2.75, 3.05) is 44.6 Å². The average Bonchev–Trinajstić information content (AvgIpc) is 3.47. The lowest BCUT2D eigenvalue weighted by Gasteiger charge is -2.35. The number of benzene rings is 2. The van der Waals surface area contributed by atoms with Crippen molar-refractivity contribution in [2.45, 2.75) is 39.4 Å². The van der Waals surface area contributed by atoms with Gasteiger partial charge in [-0.1, -0.05) is 11.6 Å². The first-order valence-corrected chi connectivity index (χ1v) is 15.6. The SMILES string of the molecule is CC(C#N)Oc1ccc(-c2cnc3c(Nc4ccc(C(=O)NCCN5CCN(C(=O)OC(C)(C)C)CC5)c(Cl)c4)nccn23)c(F)c1F. The fraction of sp³-hybridized carbons (Fsp3) is 0.364. The number of nitriles is 1. The van der Waals surface area contributed by atoms with Gasteiger partial charge in [-0.05, 0) is 58.0 Å². The number of aromatic nitrogens is 3. The molecule has 48 heavy (non-hydrogen) atoms. The smallest absolute Gasteiger partial charge is 0.410 e. The zero-order valence-electron chi connectivity index (χ0n) is 26.9. The maximum absolute atomic E-state index is 15.1. The highest BCUT2D eigenvalue weighted by atomic mass is 35.5. The van der Waals surface area contributed by atoms with E-state index in [1.807, 2.05) is 26.8 Å². The number of amides is 2. The Balaban J connectivity index is 1.19. The number of hydrogen-bond acceptors (Lipinski definition) is 9. The summed E-state index contributed by atoms with van der Waals surface area (Å²) in [4.78, 5) is 37.7. The molecule has 12 nitrogen and oxygen atoms in total. The number of ether oxygens (including phenoxy) is 2. The standard InChI is InChI=1S/C33H35ClF2N8O4/c1-20(18-37)47-26-8-7-23(27(35)28(26)36)25-19-40-30-29(38-10-12-44(25)30)41-21-5-6-22(24(34)17-21)31(45)39-9-11-42-13-15-43(16-14-42)32(46)48-33(2,3)4/h5-8,10,12,17,19-20H,9,11,13-16H2,1-4H3,(H,38,41)(H,39,45). The van der Waals surface area contributed by atoms with Crippen LogP contribution in [0.5, 0.6) is 5.75 Å². The molecule has 2 aromatic carbocycles. The summed E-state index contributed by atoms with van der Waals surface area (Å²) in [7, 11) is 0. The van der Waals surface area contributed by atoms with Gasteiger partial charge in [-0.3, -0.25) is 14.1 Å². The summed E-state index contributed by atoms with van der Waals surface area (Å²) in [5.74, 6) is -2.74. The largest absolute Gasteiger partial charge is 0.473 e. The van der Waals surface area contributed by atoms with Crippen molar-refractivity contribution in [1.82, 2.24) is 29.5 Å². The van der Waals surface area contributed by atoms with Crippen LogP contribution in [0.1, 0.15) is 38.1 Å². The normalized spacial score (nSPS) is 14.3. The predicted molar refractivity (Wildman–Crippen MR) is 175 cm³/mol. The summed E-state index contributed by atoms with van der Waals surface area (Å²) in [6.45, 7) is 10.4. The second-order valence-corrected chi connectivity index (χ2v) is 12.5. The van der Waals surface area contributed by atoms with Crippen molar-refractivity contribution < 1.29 is 27.8 Å². The van der Waals surface area contributed by atoms with Crippen LogP contribution in [0.15, 0.2) is 48.9 Å². The Morgan fingerprint density at radius 2 is 1.85 bits per heavy atom. The van der Waals surface area contributed by atoms with Gasteiger partial charge >= 0.3 is 6.09 Å². The van der Waals surface area contributed by atoms with E-state index in [0.29, 0.717) is 62.0 Å². The minimum Gasteiger partial charge on any atom is -0.473 e. The number of halogens is 3. The van der Waals surface area contributed by atoms with E-state index < -0.39 is 23.3 Å². The van der Waals surface area contributed by atoms with Crippen molar-refractivity contribution in [3.63, 3.8) is 0 Å². The number of fused-ring (bicyclic) bond motifs is 1. The second-order valence-electron chi connectivity index (χ2n) is 12.1. The third-order valence-electron chi connectivity index (χ3n) is 7.45. The van der Waals surface area contributed by atoms with Gasteiger partial charge < -0.3 is 25.0 Å². The minimum absolute atomic E-state index is 0.0596. The molecule has 1 saturated heterocycles. The number of hydrogen-bond donors (Lipinski definition) is 2. The van der Waals surface area contributed by atoms with Crippen LogP contribution in [0.25, 0.3) is 16.9 Å². The Morgan fingerprint density at radius 3 is 2.54 bits per heavy atom. The van der Waals surface area contributed by atoms with Gasteiger partial charge in [0, 0.05) is 62.9 Å². The highest BCUT2D eigenvalue weighted by Crippen LogP contribution is 2.32. The first kappa shape index (κ1) is 34.3. The molecule has 0 bridgehead atoms. The summed E-state index contributed by atoms with van der Waals surface area (Å²) in [5, 5.41) is 15.1. The molecule has 252 valence electrons. The van der Waals surface area contributed by atoms with Crippen molar-refractivity contribution in [3.8, 4) is 23.1 Å². The average molecular weight is 681 g/mol. The molecule has 1 aliphatic heterocycles. The number of nitrogens with zero attached hydrogens (tertiary/aromatic N) is 6. The number of rotatable bonds is 9. The third-order valence-corrected chi connectivity index (χ3v) is 7.76. The molecule has 1 aliphatic rings. The Labute approximate surface area is 281 Å². The fourth-order valence-electron chi connectivity index (χ4n) is 5.06.